The fraction of sp³-hybridized carbons (Fsp3) is 1.00. The minimum atomic E-state index is 1.04. The zero-order valence-electron chi connectivity index (χ0n) is 10.1. The Morgan fingerprint density at radius 2 is 1.60 bits per heavy atom. The van der Waals surface area contributed by atoms with E-state index in [1.165, 1.54) is 38.6 Å². The SMILES string of the molecule is CCCNCCNCC1C2CCCCC21. The van der Waals surface area contributed by atoms with Crippen LogP contribution in [0.3, 0.4) is 0 Å². The van der Waals surface area contributed by atoms with Gasteiger partial charge in [-0.2, -0.15) is 0 Å². The molecule has 2 aliphatic carbocycles. The lowest BCUT2D eigenvalue weighted by Crippen LogP contribution is -2.29. The maximum Gasteiger partial charge on any atom is 0.00768 e. The standard InChI is InChI=1S/C13H26N2/c1-2-7-14-8-9-15-10-13-11-5-3-4-6-12(11)13/h11-15H,2-10H2,1H3. The highest BCUT2D eigenvalue weighted by atomic mass is 14.9. The lowest BCUT2D eigenvalue weighted by Gasteiger charge is -2.05. The maximum atomic E-state index is 3.60. The van der Waals surface area contributed by atoms with Crippen LogP contribution in [-0.2, 0) is 0 Å². The van der Waals surface area contributed by atoms with E-state index in [1.807, 2.05) is 0 Å². The average molecular weight is 210 g/mol. The summed E-state index contributed by atoms with van der Waals surface area (Å²) >= 11 is 0. The highest BCUT2D eigenvalue weighted by molar-refractivity contribution is 4.99. The number of hydrogen-bond acceptors (Lipinski definition) is 2. The van der Waals surface area contributed by atoms with Crippen LogP contribution in [0.5, 0.6) is 0 Å². The van der Waals surface area contributed by atoms with E-state index in [9.17, 15) is 0 Å². The minimum Gasteiger partial charge on any atom is -0.315 e. The first-order valence-electron chi connectivity index (χ1n) is 6.85. The molecule has 0 aromatic rings. The van der Waals surface area contributed by atoms with Crippen LogP contribution < -0.4 is 10.6 Å². The fourth-order valence-corrected chi connectivity index (χ4v) is 3.19. The van der Waals surface area contributed by atoms with E-state index in [4.69, 9.17) is 0 Å². The van der Waals surface area contributed by atoms with Crippen molar-refractivity contribution in [3.8, 4) is 0 Å². The Balaban J connectivity index is 1.45. The van der Waals surface area contributed by atoms with Gasteiger partial charge in [-0.25, -0.2) is 0 Å². The normalized spacial score (nSPS) is 33.8. The van der Waals surface area contributed by atoms with Gasteiger partial charge in [-0.15, -0.1) is 0 Å². The third kappa shape index (κ3) is 3.18. The molecule has 2 N–H and O–H groups in total. The molecule has 2 fully saturated rings. The van der Waals surface area contributed by atoms with Gasteiger partial charge in [0.15, 0.2) is 0 Å². The predicted molar refractivity (Wildman–Crippen MR) is 65.0 cm³/mol. The van der Waals surface area contributed by atoms with Crippen molar-refractivity contribution >= 4 is 0 Å². The Bertz CT molecular complexity index is 169. The summed E-state index contributed by atoms with van der Waals surface area (Å²) in [6.45, 7) is 6.95. The molecule has 15 heavy (non-hydrogen) atoms. The summed E-state index contributed by atoms with van der Waals surface area (Å²) in [4.78, 5) is 0. The molecule has 2 heteroatoms. The summed E-state index contributed by atoms with van der Waals surface area (Å²) in [7, 11) is 0. The molecule has 2 rings (SSSR count). The van der Waals surface area contributed by atoms with Crippen molar-refractivity contribution in [2.75, 3.05) is 26.2 Å². The fourth-order valence-electron chi connectivity index (χ4n) is 3.19. The first kappa shape index (κ1) is 11.4. The molecular weight excluding hydrogens is 184 g/mol. The molecule has 2 aliphatic rings. The van der Waals surface area contributed by atoms with Gasteiger partial charge in [0.25, 0.3) is 0 Å². The van der Waals surface area contributed by atoms with Gasteiger partial charge in [0.1, 0.15) is 0 Å². The second kappa shape index (κ2) is 5.86. The first-order valence-corrected chi connectivity index (χ1v) is 6.85. The van der Waals surface area contributed by atoms with Crippen molar-refractivity contribution in [1.29, 1.82) is 0 Å². The van der Waals surface area contributed by atoms with E-state index < -0.39 is 0 Å². The second-order valence-electron chi connectivity index (χ2n) is 5.23. The zero-order valence-corrected chi connectivity index (χ0v) is 10.1. The van der Waals surface area contributed by atoms with Crippen molar-refractivity contribution in [3.05, 3.63) is 0 Å². The van der Waals surface area contributed by atoms with Crippen LogP contribution in [0, 0.1) is 17.8 Å². The molecule has 2 saturated carbocycles. The molecule has 0 amide bonds. The van der Waals surface area contributed by atoms with Gasteiger partial charge in [-0.3, -0.25) is 0 Å². The van der Waals surface area contributed by atoms with Crippen molar-refractivity contribution in [3.63, 3.8) is 0 Å². The average Bonchev–Trinajstić information content (AvgIpc) is 2.97. The Morgan fingerprint density at radius 3 is 2.27 bits per heavy atom. The molecule has 0 spiro atoms. The highest BCUT2D eigenvalue weighted by Gasteiger charge is 2.49. The summed E-state index contributed by atoms with van der Waals surface area (Å²) in [5.41, 5.74) is 0. The molecule has 0 aromatic carbocycles. The molecule has 2 atom stereocenters. The summed E-state index contributed by atoms with van der Waals surface area (Å²) in [6.07, 6.45) is 7.27. The molecule has 2 unspecified atom stereocenters. The van der Waals surface area contributed by atoms with Crippen molar-refractivity contribution in [2.45, 2.75) is 39.0 Å². The van der Waals surface area contributed by atoms with E-state index in [0.717, 1.165) is 37.4 Å². The van der Waals surface area contributed by atoms with Crippen LogP contribution in [-0.4, -0.2) is 26.2 Å². The van der Waals surface area contributed by atoms with Gasteiger partial charge in [0.2, 0.25) is 0 Å². The summed E-state index contributed by atoms with van der Waals surface area (Å²) < 4.78 is 0. The molecule has 0 aliphatic heterocycles. The Labute approximate surface area is 94.2 Å². The monoisotopic (exact) mass is 210 g/mol. The smallest absolute Gasteiger partial charge is 0.00768 e. The van der Waals surface area contributed by atoms with Crippen molar-refractivity contribution < 1.29 is 0 Å². The van der Waals surface area contributed by atoms with Crippen LogP contribution in [0.15, 0.2) is 0 Å². The van der Waals surface area contributed by atoms with E-state index in [0.29, 0.717) is 0 Å². The number of nitrogens with one attached hydrogen (secondary N) is 2. The molecular formula is C13H26N2. The predicted octanol–water partition coefficient (Wildman–Crippen LogP) is 2.01. The van der Waals surface area contributed by atoms with Crippen LogP contribution in [0.25, 0.3) is 0 Å². The molecule has 0 radical (unpaired) electrons. The van der Waals surface area contributed by atoms with Gasteiger partial charge in [0, 0.05) is 13.1 Å². The van der Waals surface area contributed by atoms with Gasteiger partial charge >= 0.3 is 0 Å². The molecule has 0 bridgehead atoms. The number of fused-ring (bicyclic) bond motifs is 1. The lowest BCUT2D eigenvalue weighted by molar-refractivity contribution is 0.480. The largest absolute Gasteiger partial charge is 0.315 e. The molecule has 88 valence electrons. The van der Waals surface area contributed by atoms with Crippen molar-refractivity contribution in [1.82, 2.24) is 10.6 Å². The van der Waals surface area contributed by atoms with E-state index in [-0.39, 0.29) is 0 Å². The van der Waals surface area contributed by atoms with Crippen LogP contribution >= 0.6 is 0 Å². The molecule has 0 heterocycles. The molecule has 0 saturated heterocycles. The second-order valence-corrected chi connectivity index (χ2v) is 5.23. The summed E-state index contributed by atoms with van der Waals surface area (Å²) in [6, 6.07) is 0. The first-order chi connectivity index (χ1) is 7.43. The summed E-state index contributed by atoms with van der Waals surface area (Å²) in [5, 5.41) is 7.03. The quantitative estimate of drug-likeness (QED) is 0.628. The van der Waals surface area contributed by atoms with Gasteiger partial charge in [-0.1, -0.05) is 19.8 Å². The van der Waals surface area contributed by atoms with Gasteiger partial charge in [-0.05, 0) is 50.1 Å². The third-order valence-electron chi connectivity index (χ3n) is 4.12. The van der Waals surface area contributed by atoms with Crippen LogP contribution in [0.4, 0.5) is 0 Å². The Kier molecular flexibility index (Phi) is 4.45. The molecule has 2 nitrogen and oxygen atoms in total. The Hall–Kier alpha value is -0.0800. The number of rotatable bonds is 7. The lowest BCUT2D eigenvalue weighted by atomic mass is 10.0. The van der Waals surface area contributed by atoms with Crippen LogP contribution in [0.1, 0.15) is 39.0 Å². The highest BCUT2D eigenvalue weighted by Crippen LogP contribution is 2.54. The van der Waals surface area contributed by atoms with E-state index >= 15 is 0 Å². The Morgan fingerprint density at radius 1 is 0.933 bits per heavy atom. The maximum absolute atomic E-state index is 3.60. The number of hydrogen-bond donors (Lipinski definition) is 2. The van der Waals surface area contributed by atoms with E-state index in [2.05, 4.69) is 17.6 Å². The van der Waals surface area contributed by atoms with Crippen LogP contribution in [0.2, 0.25) is 0 Å². The topological polar surface area (TPSA) is 24.1 Å². The van der Waals surface area contributed by atoms with Gasteiger partial charge < -0.3 is 10.6 Å². The van der Waals surface area contributed by atoms with E-state index in [1.54, 1.807) is 0 Å². The molecule has 0 aromatic heterocycles. The third-order valence-corrected chi connectivity index (χ3v) is 4.12. The van der Waals surface area contributed by atoms with Crippen molar-refractivity contribution in [2.24, 2.45) is 17.8 Å². The van der Waals surface area contributed by atoms with Gasteiger partial charge in [0.05, 0.1) is 0 Å². The minimum absolute atomic E-state index is 1.04. The zero-order chi connectivity index (χ0) is 10.5. The summed E-state index contributed by atoms with van der Waals surface area (Å²) in [5.74, 6) is 3.25.